The van der Waals surface area contributed by atoms with Crippen LogP contribution in [0.15, 0.2) is 48.5 Å². The lowest BCUT2D eigenvalue weighted by Gasteiger charge is -2.10. The summed E-state index contributed by atoms with van der Waals surface area (Å²) in [5, 5.41) is 5.67. The summed E-state index contributed by atoms with van der Waals surface area (Å²) in [4.78, 5) is 24.0. The van der Waals surface area contributed by atoms with Crippen molar-refractivity contribution in [1.82, 2.24) is 0 Å². The predicted molar refractivity (Wildman–Crippen MR) is 109 cm³/mol. The zero-order chi connectivity index (χ0) is 19.6. The van der Waals surface area contributed by atoms with E-state index in [4.69, 9.17) is 4.74 Å². The van der Waals surface area contributed by atoms with Gasteiger partial charge in [-0.3, -0.25) is 9.59 Å². The first-order valence-corrected chi connectivity index (χ1v) is 9.44. The summed E-state index contributed by atoms with van der Waals surface area (Å²) in [7, 11) is 0. The van der Waals surface area contributed by atoms with Crippen LogP contribution in [0.1, 0.15) is 50.4 Å². The van der Waals surface area contributed by atoms with Gasteiger partial charge >= 0.3 is 0 Å². The summed E-state index contributed by atoms with van der Waals surface area (Å²) in [6.07, 6.45) is 3.35. The van der Waals surface area contributed by atoms with Gasteiger partial charge in [0.1, 0.15) is 5.75 Å². The molecule has 0 fully saturated rings. The molecule has 27 heavy (non-hydrogen) atoms. The van der Waals surface area contributed by atoms with Gasteiger partial charge in [-0.1, -0.05) is 33.6 Å². The Morgan fingerprint density at radius 3 is 2.04 bits per heavy atom. The number of anilines is 2. The summed E-state index contributed by atoms with van der Waals surface area (Å²) in [5.41, 5.74) is 1.94. The third-order valence-electron chi connectivity index (χ3n) is 4.07. The van der Waals surface area contributed by atoms with E-state index in [9.17, 15) is 9.59 Å². The molecule has 0 aliphatic heterocycles. The summed E-state index contributed by atoms with van der Waals surface area (Å²) in [5.74, 6) is 0.464. The highest BCUT2D eigenvalue weighted by molar-refractivity contribution is 6.04. The first-order valence-electron chi connectivity index (χ1n) is 9.44. The summed E-state index contributed by atoms with van der Waals surface area (Å²) in [6, 6.07) is 14.2. The topological polar surface area (TPSA) is 67.4 Å². The number of hydrogen-bond donors (Lipinski definition) is 2. The monoisotopic (exact) mass is 368 g/mol. The van der Waals surface area contributed by atoms with Crippen LogP contribution in [0.5, 0.6) is 5.75 Å². The minimum Gasteiger partial charge on any atom is -0.494 e. The van der Waals surface area contributed by atoms with E-state index in [-0.39, 0.29) is 17.7 Å². The number of rotatable bonds is 9. The van der Waals surface area contributed by atoms with E-state index < -0.39 is 0 Å². The molecule has 2 N–H and O–H groups in total. The van der Waals surface area contributed by atoms with E-state index in [1.165, 1.54) is 0 Å². The minimum atomic E-state index is -0.188. The van der Waals surface area contributed by atoms with Gasteiger partial charge < -0.3 is 15.4 Å². The third-order valence-corrected chi connectivity index (χ3v) is 4.07. The van der Waals surface area contributed by atoms with Crippen molar-refractivity contribution in [2.45, 2.75) is 40.0 Å². The molecule has 0 aromatic heterocycles. The van der Waals surface area contributed by atoms with Gasteiger partial charge in [-0.2, -0.15) is 0 Å². The molecule has 0 bridgehead atoms. The van der Waals surface area contributed by atoms with Crippen LogP contribution in [0.2, 0.25) is 0 Å². The lowest BCUT2D eigenvalue weighted by atomic mass is 10.2. The quantitative estimate of drug-likeness (QED) is 0.605. The number of unbranched alkanes of at least 4 members (excludes halogenated alkanes) is 2. The van der Waals surface area contributed by atoms with Crippen LogP contribution >= 0.6 is 0 Å². The van der Waals surface area contributed by atoms with Gasteiger partial charge in [0.2, 0.25) is 5.91 Å². The number of carbonyl (C=O) groups excluding carboxylic acids is 2. The molecule has 2 rings (SSSR count). The molecule has 0 unspecified atom stereocenters. The Kier molecular flexibility index (Phi) is 7.86. The highest BCUT2D eigenvalue weighted by Crippen LogP contribution is 2.17. The maximum atomic E-state index is 12.4. The number of benzene rings is 2. The largest absolute Gasteiger partial charge is 0.494 e. The Bertz CT molecular complexity index is 737. The minimum absolute atomic E-state index is 0.0382. The molecule has 144 valence electrons. The first-order chi connectivity index (χ1) is 13.0. The molecular weight excluding hydrogens is 340 g/mol. The molecule has 0 saturated heterocycles. The van der Waals surface area contributed by atoms with Gasteiger partial charge in [-0.15, -0.1) is 0 Å². The van der Waals surface area contributed by atoms with Crippen LogP contribution in [0.25, 0.3) is 0 Å². The van der Waals surface area contributed by atoms with Crippen molar-refractivity contribution < 1.29 is 14.3 Å². The zero-order valence-electron chi connectivity index (χ0n) is 16.2. The van der Waals surface area contributed by atoms with E-state index in [1.807, 2.05) is 26.0 Å². The normalized spacial score (nSPS) is 10.5. The number of hydrogen-bond acceptors (Lipinski definition) is 3. The van der Waals surface area contributed by atoms with E-state index >= 15 is 0 Å². The van der Waals surface area contributed by atoms with Crippen molar-refractivity contribution in [2.24, 2.45) is 5.92 Å². The van der Waals surface area contributed by atoms with E-state index in [1.54, 1.807) is 36.4 Å². The fraction of sp³-hybridized carbons (Fsp3) is 0.364. The molecule has 0 spiro atoms. The summed E-state index contributed by atoms with van der Waals surface area (Å²) in [6.45, 7) is 6.53. The van der Waals surface area contributed by atoms with Crippen LogP contribution in [-0.2, 0) is 4.79 Å². The second-order valence-electron chi connectivity index (χ2n) is 6.76. The standard InChI is InChI=1S/C22H28N2O3/c1-4-5-6-15-27-20-13-7-17(8-14-20)22(26)24-19-11-9-18(10-12-19)23-21(25)16(2)3/h7-14,16H,4-6,15H2,1-3H3,(H,23,25)(H,24,26). The molecule has 0 heterocycles. The predicted octanol–water partition coefficient (Wildman–Crippen LogP) is 5.10. The summed E-state index contributed by atoms with van der Waals surface area (Å²) >= 11 is 0. The molecule has 0 saturated carbocycles. The average molecular weight is 368 g/mol. The number of ether oxygens (including phenoxy) is 1. The van der Waals surface area contributed by atoms with Crippen LogP contribution in [0.4, 0.5) is 11.4 Å². The molecule has 5 heteroatoms. The molecule has 2 aromatic carbocycles. The van der Waals surface area contributed by atoms with E-state index in [2.05, 4.69) is 17.6 Å². The van der Waals surface area contributed by atoms with E-state index in [0.717, 1.165) is 25.0 Å². The van der Waals surface area contributed by atoms with Crippen molar-refractivity contribution in [1.29, 1.82) is 0 Å². The average Bonchev–Trinajstić information content (AvgIpc) is 2.67. The Labute approximate surface area is 161 Å². The maximum absolute atomic E-state index is 12.4. The highest BCUT2D eigenvalue weighted by atomic mass is 16.5. The van der Waals surface area contributed by atoms with Crippen molar-refractivity contribution in [2.75, 3.05) is 17.2 Å². The Morgan fingerprint density at radius 1 is 0.889 bits per heavy atom. The van der Waals surface area contributed by atoms with Crippen molar-refractivity contribution in [3.63, 3.8) is 0 Å². The van der Waals surface area contributed by atoms with Crippen LogP contribution in [-0.4, -0.2) is 18.4 Å². The van der Waals surface area contributed by atoms with Crippen molar-refractivity contribution in [3.05, 3.63) is 54.1 Å². The number of nitrogens with one attached hydrogen (secondary N) is 2. The van der Waals surface area contributed by atoms with Gasteiger partial charge in [0, 0.05) is 22.9 Å². The molecule has 0 aliphatic rings. The first kappa shape index (κ1) is 20.5. The van der Waals surface area contributed by atoms with E-state index in [0.29, 0.717) is 23.5 Å². The van der Waals surface area contributed by atoms with Gasteiger partial charge in [-0.05, 0) is 55.0 Å². The van der Waals surface area contributed by atoms with Crippen molar-refractivity contribution >= 4 is 23.2 Å². The molecular formula is C22H28N2O3. The number of amides is 2. The lowest BCUT2D eigenvalue weighted by molar-refractivity contribution is -0.118. The fourth-order valence-corrected chi connectivity index (χ4v) is 2.37. The highest BCUT2D eigenvalue weighted by Gasteiger charge is 2.09. The van der Waals surface area contributed by atoms with Gasteiger partial charge in [0.05, 0.1) is 6.61 Å². The smallest absolute Gasteiger partial charge is 0.255 e. The Hall–Kier alpha value is -2.82. The zero-order valence-corrected chi connectivity index (χ0v) is 16.2. The van der Waals surface area contributed by atoms with Crippen molar-refractivity contribution in [3.8, 4) is 5.75 Å². The van der Waals surface area contributed by atoms with Gasteiger partial charge in [0.25, 0.3) is 5.91 Å². The maximum Gasteiger partial charge on any atom is 0.255 e. The molecule has 0 atom stereocenters. The SMILES string of the molecule is CCCCCOc1ccc(C(=O)Nc2ccc(NC(=O)C(C)C)cc2)cc1. The fourth-order valence-electron chi connectivity index (χ4n) is 2.37. The van der Waals surface area contributed by atoms with Gasteiger partial charge in [0.15, 0.2) is 0 Å². The Balaban J connectivity index is 1.88. The van der Waals surface area contributed by atoms with Gasteiger partial charge in [-0.25, -0.2) is 0 Å². The van der Waals surface area contributed by atoms with Crippen LogP contribution < -0.4 is 15.4 Å². The summed E-state index contributed by atoms with van der Waals surface area (Å²) < 4.78 is 5.66. The molecule has 2 aromatic rings. The Morgan fingerprint density at radius 2 is 1.48 bits per heavy atom. The number of carbonyl (C=O) groups is 2. The molecule has 5 nitrogen and oxygen atoms in total. The van der Waals surface area contributed by atoms with Crippen LogP contribution in [0, 0.1) is 5.92 Å². The second kappa shape index (κ2) is 10.4. The molecule has 2 amide bonds. The second-order valence-corrected chi connectivity index (χ2v) is 6.76. The lowest BCUT2D eigenvalue weighted by Crippen LogP contribution is -2.17. The molecule has 0 aliphatic carbocycles. The third kappa shape index (κ3) is 6.77. The molecule has 0 radical (unpaired) electrons. The van der Waals surface area contributed by atoms with Crippen LogP contribution in [0.3, 0.4) is 0 Å².